The topological polar surface area (TPSA) is 41.1 Å². The molecule has 0 atom stereocenters. The summed E-state index contributed by atoms with van der Waals surface area (Å²) >= 11 is 5.84. The molecule has 0 aliphatic heterocycles. The highest BCUT2D eigenvalue weighted by Crippen LogP contribution is 2.23. The molecule has 0 unspecified atom stereocenters. The SMILES string of the molecule is CNc1ccc(Cl)cc1C(=O)Nc1cc(F)ccc1F. The van der Waals surface area contributed by atoms with Crippen LogP contribution in [0.1, 0.15) is 10.4 Å². The lowest BCUT2D eigenvalue weighted by atomic mass is 10.1. The smallest absolute Gasteiger partial charge is 0.257 e. The Morgan fingerprint density at radius 3 is 2.55 bits per heavy atom. The predicted molar refractivity (Wildman–Crippen MR) is 75.3 cm³/mol. The first kappa shape index (κ1) is 14.3. The van der Waals surface area contributed by atoms with Crippen molar-refractivity contribution in [3.63, 3.8) is 0 Å². The number of anilines is 2. The maximum atomic E-state index is 13.5. The molecule has 2 rings (SSSR count). The Kier molecular flexibility index (Phi) is 4.20. The molecule has 0 heterocycles. The van der Waals surface area contributed by atoms with Gasteiger partial charge in [0, 0.05) is 23.8 Å². The third kappa shape index (κ3) is 3.05. The second kappa shape index (κ2) is 5.88. The fourth-order valence-corrected chi connectivity index (χ4v) is 1.88. The zero-order valence-electron chi connectivity index (χ0n) is 10.5. The summed E-state index contributed by atoms with van der Waals surface area (Å²) in [6.07, 6.45) is 0. The van der Waals surface area contributed by atoms with E-state index in [-0.39, 0.29) is 11.3 Å². The lowest BCUT2D eigenvalue weighted by Gasteiger charge is -2.11. The van der Waals surface area contributed by atoms with E-state index in [0.29, 0.717) is 10.7 Å². The average Bonchev–Trinajstić information content (AvgIpc) is 2.42. The molecule has 0 radical (unpaired) electrons. The van der Waals surface area contributed by atoms with Crippen molar-refractivity contribution in [2.45, 2.75) is 0 Å². The highest BCUT2D eigenvalue weighted by Gasteiger charge is 2.14. The van der Waals surface area contributed by atoms with Gasteiger partial charge in [0.1, 0.15) is 11.6 Å². The first-order chi connectivity index (χ1) is 9.51. The van der Waals surface area contributed by atoms with Gasteiger partial charge in [0.05, 0.1) is 11.3 Å². The number of carbonyl (C=O) groups is 1. The number of hydrogen-bond donors (Lipinski definition) is 2. The van der Waals surface area contributed by atoms with Crippen molar-refractivity contribution in [1.82, 2.24) is 0 Å². The number of benzene rings is 2. The summed E-state index contributed by atoms with van der Waals surface area (Å²) < 4.78 is 26.5. The molecule has 104 valence electrons. The third-order valence-electron chi connectivity index (χ3n) is 2.67. The van der Waals surface area contributed by atoms with Crippen molar-refractivity contribution in [3.8, 4) is 0 Å². The average molecular weight is 297 g/mol. The first-order valence-electron chi connectivity index (χ1n) is 5.75. The summed E-state index contributed by atoms with van der Waals surface area (Å²) in [5.74, 6) is -1.93. The van der Waals surface area contributed by atoms with Gasteiger partial charge in [0.25, 0.3) is 5.91 Å². The highest BCUT2D eigenvalue weighted by molar-refractivity contribution is 6.31. The predicted octanol–water partition coefficient (Wildman–Crippen LogP) is 3.91. The molecule has 2 aromatic carbocycles. The molecule has 3 nitrogen and oxygen atoms in total. The number of nitrogens with one attached hydrogen (secondary N) is 2. The van der Waals surface area contributed by atoms with Crippen molar-refractivity contribution >= 4 is 28.9 Å². The Morgan fingerprint density at radius 1 is 1.10 bits per heavy atom. The summed E-state index contributed by atoms with van der Waals surface area (Å²) in [6, 6.07) is 7.52. The minimum absolute atomic E-state index is 0.225. The van der Waals surface area contributed by atoms with E-state index in [1.807, 2.05) is 0 Å². The van der Waals surface area contributed by atoms with E-state index >= 15 is 0 Å². The van der Waals surface area contributed by atoms with Crippen LogP contribution in [0.5, 0.6) is 0 Å². The molecule has 0 bridgehead atoms. The summed E-state index contributed by atoms with van der Waals surface area (Å²) in [6.45, 7) is 0. The Hall–Kier alpha value is -2.14. The van der Waals surface area contributed by atoms with Gasteiger partial charge in [-0.1, -0.05) is 11.6 Å². The van der Waals surface area contributed by atoms with E-state index in [1.165, 1.54) is 6.07 Å². The van der Waals surface area contributed by atoms with Crippen LogP contribution in [-0.4, -0.2) is 13.0 Å². The highest BCUT2D eigenvalue weighted by atomic mass is 35.5. The fourth-order valence-electron chi connectivity index (χ4n) is 1.71. The standard InChI is InChI=1S/C14H11ClF2N2O/c1-18-12-5-2-8(15)6-10(12)14(20)19-13-7-9(16)3-4-11(13)17/h2-7,18H,1H3,(H,19,20). The van der Waals surface area contributed by atoms with Crippen LogP contribution in [0.25, 0.3) is 0 Å². The molecule has 0 spiro atoms. The Balaban J connectivity index is 2.32. The van der Waals surface area contributed by atoms with Gasteiger partial charge >= 0.3 is 0 Å². The van der Waals surface area contributed by atoms with Crippen molar-refractivity contribution < 1.29 is 13.6 Å². The van der Waals surface area contributed by atoms with Gasteiger partial charge in [-0.2, -0.15) is 0 Å². The van der Waals surface area contributed by atoms with Crippen LogP contribution in [0.3, 0.4) is 0 Å². The van der Waals surface area contributed by atoms with Crippen LogP contribution >= 0.6 is 11.6 Å². The van der Waals surface area contributed by atoms with E-state index in [4.69, 9.17) is 11.6 Å². The molecule has 0 aliphatic carbocycles. The van der Waals surface area contributed by atoms with E-state index in [9.17, 15) is 13.6 Å². The molecule has 2 aromatic rings. The molecule has 0 aromatic heterocycles. The van der Waals surface area contributed by atoms with E-state index < -0.39 is 17.5 Å². The lowest BCUT2D eigenvalue weighted by Crippen LogP contribution is -2.15. The summed E-state index contributed by atoms with van der Waals surface area (Å²) in [5, 5.41) is 5.51. The maximum absolute atomic E-state index is 13.5. The lowest BCUT2D eigenvalue weighted by molar-refractivity contribution is 0.102. The van der Waals surface area contributed by atoms with E-state index in [0.717, 1.165) is 18.2 Å². The van der Waals surface area contributed by atoms with Gasteiger partial charge in [-0.15, -0.1) is 0 Å². The van der Waals surface area contributed by atoms with Gasteiger partial charge in [-0.25, -0.2) is 8.78 Å². The van der Waals surface area contributed by atoms with Crippen LogP contribution in [0.2, 0.25) is 5.02 Å². The van der Waals surface area contributed by atoms with E-state index in [2.05, 4.69) is 10.6 Å². The number of carbonyl (C=O) groups excluding carboxylic acids is 1. The van der Waals surface area contributed by atoms with Gasteiger partial charge in [-0.3, -0.25) is 4.79 Å². The zero-order valence-corrected chi connectivity index (χ0v) is 11.3. The quantitative estimate of drug-likeness (QED) is 0.901. The second-order valence-corrected chi connectivity index (χ2v) is 4.45. The molecular weight excluding hydrogens is 286 g/mol. The first-order valence-corrected chi connectivity index (χ1v) is 6.13. The summed E-state index contributed by atoms with van der Waals surface area (Å²) in [5.41, 5.74) is 0.546. The molecule has 0 saturated carbocycles. The molecule has 0 aliphatic rings. The molecule has 6 heteroatoms. The minimum Gasteiger partial charge on any atom is -0.387 e. The van der Waals surface area contributed by atoms with E-state index in [1.54, 1.807) is 19.2 Å². The Labute approximate surface area is 119 Å². The van der Waals surface area contributed by atoms with Crippen molar-refractivity contribution in [2.24, 2.45) is 0 Å². The Bertz CT molecular complexity index is 662. The van der Waals surface area contributed by atoms with Crippen LogP contribution in [-0.2, 0) is 0 Å². The van der Waals surface area contributed by atoms with Gasteiger partial charge in [-0.05, 0) is 30.3 Å². The van der Waals surface area contributed by atoms with Crippen LogP contribution in [0.4, 0.5) is 20.2 Å². The maximum Gasteiger partial charge on any atom is 0.257 e. The van der Waals surface area contributed by atoms with Crippen LogP contribution in [0, 0.1) is 11.6 Å². The fraction of sp³-hybridized carbons (Fsp3) is 0.0714. The van der Waals surface area contributed by atoms with Crippen molar-refractivity contribution in [3.05, 3.63) is 58.6 Å². The molecule has 20 heavy (non-hydrogen) atoms. The van der Waals surface area contributed by atoms with Gasteiger partial charge in [0.15, 0.2) is 0 Å². The number of halogens is 3. The number of rotatable bonds is 3. The summed E-state index contributed by atoms with van der Waals surface area (Å²) in [7, 11) is 1.64. The molecule has 0 saturated heterocycles. The van der Waals surface area contributed by atoms with Crippen LogP contribution in [0.15, 0.2) is 36.4 Å². The van der Waals surface area contributed by atoms with Crippen molar-refractivity contribution in [1.29, 1.82) is 0 Å². The molecule has 1 amide bonds. The Morgan fingerprint density at radius 2 is 1.85 bits per heavy atom. The molecule has 2 N–H and O–H groups in total. The normalized spacial score (nSPS) is 10.2. The summed E-state index contributed by atoms with van der Waals surface area (Å²) in [4.78, 5) is 12.1. The molecule has 0 fully saturated rings. The van der Waals surface area contributed by atoms with Gasteiger partial charge < -0.3 is 10.6 Å². The second-order valence-electron chi connectivity index (χ2n) is 4.02. The number of hydrogen-bond acceptors (Lipinski definition) is 2. The largest absolute Gasteiger partial charge is 0.387 e. The molecular formula is C14H11ClF2N2O. The zero-order chi connectivity index (χ0) is 14.7. The van der Waals surface area contributed by atoms with Gasteiger partial charge in [0.2, 0.25) is 0 Å². The van der Waals surface area contributed by atoms with Crippen molar-refractivity contribution in [2.75, 3.05) is 17.7 Å². The third-order valence-corrected chi connectivity index (χ3v) is 2.91. The van der Waals surface area contributed by atoms with Crippen LogP contribution < -0.4 is 10.6 Å². The number of amides is 1. The monoisotopic (exact) mass is 296 g/mol. The minimum atomic E-state index is -0.715.